The second-order valence-corrected chi connectivity index (χ2v) is 8.68. The van der Waals surface area contributed by atoms with Crippen LogP contribution in [0, 0.1) is 5.92 Å². The van der Waals surface area contributed by atoms with Crippen molar-refractivity contribution in [2.24, 2.45) is 5.92 Å². The van der Waals surface area contributed by atoms with Crippen LogP contribution in [-0.2, 0) is 4.74 Å². The molecule has 2 aromatic rings. The standard InChI is InChI=1S/C20H24N2O4S/c1-13(23)15-5-7-16(8-6-15)17-9-21-18(27-17)25-12-14-10-22(11-14)19(24)26-20(2,3)4/h5-9,14H,10-12H2,1-4H3. The second kappa shape index (κ2) is 7.68. The predicted molar refractivity (Wildman–Crippen MR) is 104 cm³/mol. The Morgan fingerprint density at radius 3 is 2.48 bits per heavy atom. The van der Waals surface area contributed by atoms with Crippen LogP contribution in [0.3, 0.4) is 0 Å². The molecule has 0 atom stereocenters. The predicted octanol–water partition coefficient (Wildman–Crippen LogP) is 4.26. The molecular formula is C20H24N2O4S. The maximum absolute atomic E-state index is 11.9. The monoisotopic (exact) mass is 388 g/mol. The summed E-state index contributed by atoms with van der Waals surface area (Å²) in [5, 5.41) is 0.608. The normalized spacial score (nSPS) is 14.6. The van der Waals surface area contributed by atoms with Crippen LogP contribution < -0.4 is 4.74 Å². The van der Waals surface area contributed by atoms with E-state index in [2.05, 4.69) is 4.98 Å². The molecule has 27 heavy (non-hydrogen) atoms. The van der Waals surface area contributed by atoms with E-state index >= 15 is 0 Å². The van der Waals surface area contributed by atoms with Crippen LogP contribution in [0.5, 0.6) is 5.19 Å². The lowest BCUT2D eigenvalue weighted by Crippen LogP contribution is -2.53. The smallest absolute Gasteiger partial charge is 0.410 e. The lowest BCUT2D eigenvalue weighted by Gasteiger charge is -2.39. The highest BCUT2D eigenvalue weighted by Gasteiger charge is 2.34. The highest BCUT2D eigenvalue weighted by Crippen LogP contribution is 2.31. The van der Waals surface area contributed by atoms with Gasteiger partial charge in [0.25, 0.3) is 5.19 Å². The number of ether oxygens (including phenoxy) is 2. The summed E-state index contributed by atoms with van der Waals surface area (Å²) in [5.41, 5.74) is 1.23. The molecule has 0 saturated carbocycles. The average Bonchev–Trinajstić information content (AvgIpc) is 3.00. The molecule has 6 nitrogen and oxygen atoms in total. The van der Waals surface area contributed by atoms with Gasteiger partial charge in [-0.2, -0.15) is 0 Å². The van der Waals surface area contributed by atoms with E-state index in [1.807, 2.05) is 45.0 Å². The minimum atomic E-state index is -0.474. The fourth-order valence-corrected chi connectivity index (χ4v) is 3.45. The SMILES string of the molecule is CC(=O)c1ccc(-c2cnc(OCC3CN(C(=O)OC(C)(C)C)C3)s2)cc1. The number of carbonyl (C=O) groups excluding carboxylic acids is 2. The van der Waals surface area contributed by atoms with Gasteiger partial charge in [-0.05, 0) is 33.3 Å². The number of hydrogen-bond donors (Lipinski definition) is 0. The summed E-state index contributed by atoms with van der Waals surface area (Å²) in [6, 6.07) is 7.46. The maximum atomic E-state index is 11.9. The molecule has 3 rings (SSSR count). The van der Waals surface area contributed by atoms with Gasteiger partial charge in [-0.1, -0.05) is 35.6 Å². The minimum Gasteiger partial charge on any atom is -0.470 e. The third-order valence-corrected chi connectivity index (χ3v) is 5.07. The molecule has 1 aromatic carbocycles. The Kier molecular flexibility index (Phi) is 5.51. The lowest BCUT2D eigenvalue weighted by molar-refractivity contribution is -0.00782. The zero-order valence-corrected chi connectivity index (χ0v) is 16.8. The van der Waals surface area contributed by atoms with Gasteiger partial charge >= 0.3 is 6.09 Å². The van der Waals surface area contributed by atoms with Gasteiger partial charge in [0.15, 0.2) is 5.78 Å². The van der Waals surface area contributed by atoms with Gasteiger partial charge < -0.3 is 14.4 Å². The first-order valence-electron chi connectivity index (χ1n) is 8.89. The Labute approximate surface area is 163 Å². The quantitative estimate of drug-likeness (QED) is 0.716. The van der Waals surface area contributed by atoms with Gasteiger partial charge in [0.1, 0.15) is 5.60 Å². The fraction of sp³-hybridized carbons (Fsp3) is 0.450. The first kappa shape index (κ1) is 19.4. The summed E-state index contributed by atoms with van der Waals surface area (Å²) in [6.45, 7) is 8.93. The van der Waals surface area contributed by atoms with E-state index in [4.69, 9.17) is 9.47 Å². The van der Waals surface area contributed by atoms with Crippen LogP contribution in [0.2, 0.25) is 0 Å². The highest BCUT2D eigenvalue weighted by atomic mass is 32.1. The van der Waals surface area contributed by atoms with Crippen LogP contribution in [0.1, 0.15) is 38.1 Å². The van der Waals surface area contributed by atoms with Gasteiger partial charge in [0.2, 0.25) is 0 Å². The van der Waals surface area contributed by atoms with Gasteiger partial charge in [-0.15, -0.1) is 0 Å². The Balaban J connectivity index is 1.47. The molecule has 0 unspecified atom stereocenters. The van der Waals surface area contributed by atoms with E-state index < -0.39 is 5.60 Å². The van der Waals surface area contributed by atoms with Crippen molar-refractivity contribution in [3.05, 3.63) is 36.0 Å². The molecule has 0 radical (unpaired) electrons. The molecule has 144 valence electrons. The number of likely N-dealkylation sites (tertiary alicyclic amines) is 1. The molecule has 0 spiro atoms. The molecule has 1 aliphatic heterocycles. The van der Waals surface area contributed by atoms with Crippen molar-refractivity contribution in [2.75, 3.05) is 19.7 Å². The highest BCUT2D eigenvalue weighted by molar-refractivity contribution is 7.16. The topological polar surface area (TPSA) is 68.7 Å². The molecule has 1 aromatic heterocycles. The minimum absolute atomic E-state index is 0.0517. The number of hydrogen-bond acceptors (Lipinski definition) is 6. The zero-order valence-electron chi connectivity index (χ0n) is 16.0. The molecule has 1 saturated heterocycles. The van der Waals surface area contributed by atoms with Crippen LogP contribution >= 0.6 is 11.3 Å². The Hall–Kier alpha value is -2.41. The third kappa shape index (κ3) is 5.07. The van der Waals surface area contributed by atoms with Crippen molar-refractivity contribution in [1.82, 2.24) is 9.88 Å². The molecule has 1 amide bonds. The Morgan fingerprint density at radius 2 is 1.89 bits per heavy atom. The summed E-state index contributed by atoms with van der Waals surface area (Å²) in [6.07, 6.45) is 1.50. The first-order chi connectivity index (χ1) is 12.7. The van der Waals surface area contributed by atoms with Crippen LogP contribution in [0.4, 0.5) is 4.79 Å². The van der Waals surface area contributed by atoms with Crippen LogP contribution in [-0.4, -0.2) is 47.1 Å². The summed E-state index contributed by atoms with van der Waals surface area (Å²) in [5.74, 6) is 0.343. The number of ketones is 1. The van der Waals surface area contributed by atoms with Crippen molar-refractivity contribution in [2.45, 2.75) is 33.3 Å². The van der Waals surface area contributed by atoms with E-state index in [9.17, 15) is 9.59 Å². The van der Waals surface area contributed by atoms with Crippen LogP contribution in [0.25, 0.3) is 10.4 Å². The maximum Gasteiger partial charge on any atom is 0.410 e. The van der Waals surface area contributed by atoms with E-state index in [1.54, 1.807) is 18.0 Å². The van der Waals surface area contributed by atoms with E-state index in [0.29, 0.717) is 36.4 Å². The van der Waals surface area contributed by atoms with Crippen molar-refractivity contribution in [3.63, 3.8) is 0 Å². The number of amides is 1. The number of thiazole rings is 1. The Bertz CT molecular complexity index is 817. The largest absolute Gasteiger partial charge is 0.470 e. The van der Waals surface area contributed by atoms with Gasteiger partial charge in [0, 0.05) is 30.8 Å². The van der Waals surface area contributed by atoms with Gasteiger partial charge in [-0.3, -0.25) is 4.79 Å². The number of nitrogens with zero attached hydrogens (tertiary/aromatic N) is 2. The summed E-state index contributed by atoms with van der Waals surface area (Å²) >= 11 is 1.47. The van der Waals surface area contributed by atoms with Crippen molar-refractivity contribution in [1.29, 1.82) is 0 Å². The van der Waals surface area contributed by atoms with Crippen LogP contribution in [0.15, 0.2) is 30.5 Å². The fourth-order valence-electron chi connectivity index (χ4n) is 2.67. The van der Waals surface area contributed by atoms with E-state index in [0.717, 1.165) is 10.4 Å². The Morgan fingerprint density at radius 1 is 1.22 bits per heavy atom. The average molecular weight is 388 g/mol. The lowest BCUT2D eigenvalue weighted by atomic mass is 10.0. The summed E-state index contributed by atoms with van der Waals surface area (Å²) in [4.78, 5) is 30.3. The summed E-state index contributed by atoms with van der Waals surface area (Å²) < 4.78 is 11.1. The van der Waals surface area contributed by atoms with Crippen molar-refractivity contribution >= 4 is 23.2 Å². The van der Waals surface area contributed by atoms with Crippen molar-refractivity contribution in [3.8, 4) is 15.6 Å². The molecule has 2 heterocycles. The molecule has 1 aliphatic rings. The number of carbonyl (C=O) groups is 2. The van der Waals surface area contributed by atoms with E-state index in [-0.39, 0.29) is 11.9 Å². The molecular weight excluding hydrogens is 364 g/mol. The zero-order chi connectivity index (χ0) is 19.6. The molecule has 0 N–H and O–H groups in total. The summed E-state index contributed by atoms with van der Waals surface area (Å²) in [7, 11) is 0. The first-order valence-corrected chi connectivity index (χ1v) is 9.71. The third-order valence-electron chi connectivity index (χ3n) is 4.11. The molecule has 7 heteroatoms. The van der Waals surface area contributed by atoms with Gasteiger partial charge in [0.05, 0.1) is 11.5 Å². The molecule has 1 fully saturated rings. The van der Waals surface area contributed by atoms with Crippen molar-refractivity contribution < 1.29 is 19.1 Å². The number of rotatable bonds is 5. The number of aromatic nitrogens is 1. The molecule has 0 aliphatic carbocycles. The number of Topliss-reactive ketones (excluding diaryl/α,β-unsaturated/α-hetero) is 1. The molecule has 0 bridgehead atoms. The second-order valence-electron chi connectivity index (χ2n) is 7.69. The van der Waals surface area contributed by atoms with Gasteiger partial charge in [-0.25, -0.2) is 9.78 Å². The number of benzene rings is 1. The van der Waals surface area contributed by atoms with E-state index in [1.165, 1.54) is 11.3 Å².